The van der Waals surface area contributed by atoms with Crippen LogP contribution in [0.1, 0.15) is 31.7 Å². The van der Waals surface area contributed by atoms with E-state index in [-0.39, 0.29) is 11.5 Å². The number of hydrogen-bond acceptors (Lipinski definition) is 6. The van der Waals surface area contributed by atoms with Crippen LogP contribution in [-0.4, -0.2) is 39.2 Å². The zero-order valence-electron chi connectivity index (χ0n) is 15.3. The van der Waals surface area contributed by atoms with Crippen LogP contribution in [0.25, 0.3) is 6.08 Å². The Kier molecular flexibility index (Phi) is 9.50. The first-order chi connectivity index (χ1) is 12.5. The monoisotopic (exact) mass is 360 g/mol. The van der Waals surface area contributed by atoms with Crippen LogP contribution in [0, 0.1) is 11.3 Å². The minimum atomic E-state index is -0.487. The molecular weight excluding hydrogens is 336 g/mol. The summed E-state index contributed by atoms with van der Waals surface area (Å²) in [6.07, 6.45) is 3.43. The molecule has 0 bridgehead atoms. The summed E-state index contributed by atoms with van der Waals surface area (Å²) in [6.45, 7) is 2.66. The molecule has 7 heteroatoms. The lowest BCUT2D eigenvalue weighted by atomic mass is 10.1. The van der Waals surface area contributed by atoms with Crippen LogP contribution in [0.15, 0.2) is 23.8 Å². The van der Waals surface area contributed by atoms with Gasteiger partial charge < -0.3 is 19.5 Å². The number of methoxy groups -OCH3 is 2. The van der Waals surface area contributed by atoms with Crippen molar-refractivity contribution < 1.29 is 23.8 Å². The molecule has 0 saturated heterocycles. The highest BCUT2D eigenvalue weighted by Crippen LogP contribution is 2.29. The fourth-order valence-corrected chi connectivity index (χ4v) is 2.03. The summed E-state index contributed by atoms with van der Waals surface area (Å²) < 4.78 is 15.4. The van der Waals surface area contributed by atoms with E-state index in [1.807, 2.05) is 13.0 Å². The lowest BCUT2D eigenvalue weighted by molar-refractivity contribution is -0.134. The molecule has 0 unspecified atom stereocenters. The Bertz CT molecular complexity index is 692. The molecule has 1 N–H and O–H groups in total. The summed E-state index contributed by atoms with van der Waals surface area (Å²) >= 11 is 0. The van der Waals surface area contributed by atoms with Gasteiger partial charge in [0, 0.05) is 20.1 Å². The number of rotatable bonds is 10. The second kappa shape index (κ2) is 11.7. The Hall–Kier alpha value is -2.85. The largest absolute Gasteiger partial charge is 0.493 e. The number of carbonyl (C=O) groups is 2. The Balaban J connectivity index is 2.91. The van der Waals surface area contributed by atoms with Crippen molar-refractivity contribution in [2.45, 2.75) is 26.2 Å². The van der Waals surface area contributed by atoms with Gasteiger partial charge in [-0.1, -0.05) is 19.4 Å². The maximum Gasteiger partial charge on any atom is 0.311 e. The van der Waals surface area contributed by atoms with Crippen LogP contribution in [0.3, 0.4) is 0 Å². The third kappa shape index (κ3) is 6.95. The predicted octanol–water partition coefficient (Wildman–Crippen LogP) is 2.46. The molecule has 140 valence electrons. The van der Waals surface area contributed by atoms with Crippen molar-refractivity contribution in [3.63, 3.8) is 0 Å². The van der Waals surface area contributed by atoms with Gasteiger partial charge in [-0.3, -0.25) is 9.59 Å². The summed E-state index contributed by atoms with van der Waals surface area (Å²) in [5.41, 5.74) is 0.532. The average Bonchev–Trinajstić information content (AvgIpc) is 2.65. The number of carbonyl (C=O) groups excluding carboxylic acids is 2. The number of ether oxygens (including phenoxy) is 3. The minimum absolute atomic E-state index is 0.0455. The Morgan fingerprint density at radius 1 is 1.27 bits per heavy atom. The summed E-state index contributed by atoms with van der Waals surface area (Å²) in [7, 11) is 2.98. The molecule has 1 aromatic carbocycles. The van der Waals surface area contributed by atoms with Crippen LogP contribution < -0.4 is 14.8 Å². The first kappa shape index (κ1) is 21.2. The van der Waals surface area contributed by atoms with Crippen LogP contribution in [0.5, 0.6) is 11.5 Å². The van der Waals surface area contributed by atoms with E-state index in [0.29, 0.717) is 36.6 Å². The van der Waals surface area contributed by atoms with E-state index in [4.69, 9.17) is 14.2 Å². The van der Waals surface area contributed by atoms with Gasteiger partial charge in [0.15, 0.2) is 11.5 Å². The van der Waals surface area contributed by atoms with E-state index in [2.05, 4.69) is 5.32 Å². The number of nitrogens with one attached hydrogen (secondary N) is 1. The molecule has 1 amide bonds. The molecule has 0 saturated carbocycles. The van der Waals surface area contributed by atoms with Gasteiger partial charge >= 0.3 is 5.97 Å². The Labute approximate surface area is 153 Å². The predicted molar refractivity (Wildman–Crippen MR) is 96.6 cm³/mol. The molecule has 0 heterocycles. The van der Waals surface area contributed by atoms with Crippen LogP contribution in [0.4, 0.5) is 0 Å². The third-order valence-corrected chi connectivity index (χ3v) is 3.41. The molecule has 0 radical (unpaired) electrons. The van der Waals surface area contributed by atoms with Crippen molar-refractivity contribution in [2.24, 2.45) is 0 Å². The van der Waals surface area contributed by atoms with E-state index in [9.17, 15) is 14.9 Å². The lowest BCUT2D eigenvalue weighted by Gasteiger charge is -2.10. The molecule has 0 fully saturated rings. The molecule has 1 aromatic rings. The maximum absolute atomic E-state index is 12.0. The van der Waals surface area contributed by atoms with Crippen molar-refractivity contribution in [3.8, 4) is 17.6 Å². The van der Waals surface area contributed by atoms with Crippen molar-refractivity contribution >= 4 is 18.0 Å². The summed E-state index contributed by atoms with van der Waals surface area (Å²) in [5, 5.41) is 11.8. The molecule has 0 aromatic heterocycles. The van der Waals surface area contributed by atoms with E-state index in [1.54, 1.807) is 18.2 Å². The van der Waals surface area contributed by atoms with Crippen LogP contribution in [-0.2, 0) is 14.3 Å². The first-order valence-corrected chi connectivity index (χ1v) is 8.33. The summed E-state index contributed by atoms with van der Waals surface area (Å²) in [5.74, 6) is -0.170. The number of nitrogens with zero attached hydrogens (tertiary/aromatic N) is 1. The molecule has 0 aliphatic rings. The van der Waals surface area contributed by atoms with Gasteiger partial charge in [-0.25, -0.2) is 0 Å². The second-order valence-electron chi connectivity index (χ2n) is 5.41. The van der Waals surface area contributed by atoms with E-state index in [1.165, 1.54) is 20.3 Å². The summed E-state index contributed by atoms with van der Waals surface area (Å²) in [4.78, 5) is 23.7. The zero-order valence-corrected chi connectivity index (χ0v) is 15.3. The van der Waals surface area contributed by atoms with Gasteiger partial charge in [-0.05, 0) is 30.2 Å². The fourth-order valence-electron chi connectivity index (χ4n) is 2.03. The number of hydrogen-bond donors (Lipinski definition) is 1. The molecule has 0 aliphatic heterocycles. The molecule has 26 heavy (non-hydrogen) atoms. The Morgan fingerprint density at radius 3 is 2.65 bits per heavy atom. The molecule has 0 spiro atoms. The third-order valence-electron chi connectivity index (χ3n) is 3.41. The smallest absolute Gasteiger partial charge is 0.311 e. The van der Waals surface area contributed by atoms with Gasteiger partial charge in [0.05, 0.1) is 13.7 Å². The molecule has 7 nitrogen and oxygen atoms in total. The van der Waals surface area contributed by atoms with Crippen LogP contribution in [0.2, 0.25) is 0 Å². The first-order valence-electron chi connectivity index (χ1n) is 8.33. The number of unbranched alkanes of at least 4 members (excludes halogenated alkanes) is 1. The number of nitriles is 1. The zero-order chi connectivity index (χ0) is 19.4. The van der Waals surface area contributed by atoms with Gasteiger partial charge in [-0.2, -0.15) is 5.26 Å². The molecule has 0 aliphatic carbocycles. The number of benzene rings is 1. The van der Waals surface area contributed by atoms with Crippen molar-refractivity contribution in [2.75, 3.05) is 27.4 Å². The summed E-state index contributed by atoms with van der Waals surface area (Å²) in [6, 6.07) is 6.69. The van der Waals surface area contributed by atoms with Gasteiger partial charge in [0.25, 0.3) is 5.91 Å². The second-order valence-corrected chi connectivity index (χ2v) is 5.41. The van der Waals surface area contributed by atoms with Crippen molar-refractivity contribution in [1.82, 2.24) is 5.32 Å². The highest BCUT2D eigenvalue weighted by atomic mass is 16.6. The normalized spacial score (nSPS) is 10.8. The highest BCUT2D eigenvalue weighted by molar-refractivity contribution is 6.01. The number of amides is 1. The number of esters is 1. The van der Waals surface area contributed by atoms with Crippen molar-refractivity contribution in [1.29, 1.82) is 5.26 Å². The average molecular weight is 360 g/mol. The van der Waals surface area contributed by atoms with E-state index < -0.39 is 5.91 Å². The SMILES string of the molecule is CCCCC(=O)Oc1ccc(/C=C(\C#N)C(=O)NCCOC)cc1OC. The van der Waals surface area contributed by atoms with Gasteiger partial charge in [0.1, 0.15) is 11.6 Å². The van der Waals surface area contributed by atoms with E-state index >= 15 is 0 Å². The quantitative estimate of drug-likeness (QED) is 0.226. The standard InChI is InChI=1S/C19H24N2O5/c1-4-5-6-18(22)26-16-8-7-14(12-17(16)25-3)11-15(13-20)19(23)21-9-10-24-2/h7-8,11-12H,4-6,9-10H2,1-3H3,(H,21,23)/b15-11+. The molecular formula is C19H24N2O5. The highest BCUT2D eigenvalue weighted by Gasteiger charge is 2.12. The van der Waals surface area contributed by atoms with E-state index in [0.717, 1.165) is 12.8 Å². The van der Waals surface area contributed by atoms with Crippen LogP contribution >= 0.6 is 0 Å². The topological polar surface area (TPSA) is 97.7 Å². The van der Waals surface area contributed by atoms with Gasteiger partial charge in [-0.15, -0.1) is 0 Å². The Morgan fingerprint density at radius 2 is 2.04 bits per heavy atom. The lowest BCUT2D eigenvalue weighted by Crippen LogP contribution is -2.27. The minimum Gasteiger partial charge on any atom is -0.493 e. The van der Waals surface area contributed by atoms with Crippen molar-refractivity contribution in [3.05, 3.63) is 29.3 Å². The van der Waals surface area contributed by atoms with Gasteiger partial charge in [0.2, 0.25) is 0 Å². The maximum atomic E-state index is 12.0. The fraction of sp³-hybridized carbons (Fsp3) is 0.421. The molecule has 1 rings (SSSR count). The molecule has 0 atom stereocenters.